The van der Waals surface area contributed by atoms with Crippen molar-refractivity contribution in [2.24, 2.45) is 42.9 Å². The van der Waals surface area contributed by atoms with E-state index in [9.17, 15) is 63.1 Å². The van der Waals surface area contributed by atoms with E-state index in [0.29, 0.717) is 34.4 Å². The fourth-order valence-corrected chi connectivity index (χ4v) is 11.8. The molecule has 12 rings (SSSR count). The van der Waals surface area contributed by atoms with Crippen molar-refractivity contribution in [3.63, 3.8) is 0 Å². The van der Waals surface area contributed by atoms with Gasteiger partial charge < -0.3 is 32.4 Å². The molecule has 0 spiro atoms. The normalized spacial score (nSPS) is 20.6. The van der Waals surface area contributed by atoms with Gasteiger partial charge in [-0.1, -0.05) is 85.3 Å². The molecule has 8 N–H and O–H groups in total. The molecule has 0 aliphatic carbocycles. The third-order valence-corrected chi connectivity index (χ3v) is 16.3. The Labute approximate surface area is 568 Å². The van der Waals surface area contributed by atoms with Gasteiger partial charge >= 0.3 is 0 Å². The maximum absolute atomic E-state index is 13.9. The standard InChI is InChI=1S/C19H18F3N3O2.C18H16F3N3O2.C18H17F2N3O.C16H13F2N3O.CH4/c1-10-6-12(4-5-16(10)27-11(2)20)19(17(26)25(3)18(23)24-19)13-7-14(21)9-15(22)8-13;1-10(19)26-15-5-3-4-11(8-15)18(16(25)24(2)17(22)23-18)12-6-13(20)9-14(21)7-12;1-10-4-11(2)6-12(5-10)18(16(24)23(3)17(21)22-18)13-7-14(19)9-15(20)8-13;1-21-14(22)16(20-15(21)19,10-5-3-2-4-6-10)11-7-12(17)9-13(18)8-11;/h4-9,11H,1-3H3,(H2,23,24);3-10H,1-2H3,(H2,22,23);4-9H,1-3H3,(H2,21,22);2-9H,1H3,(H2,19,20);1H4. The third kappa shape index (κ3) is 14.1. The lowest BCUT2D eigenvalue weighted by molar-refractivity contribution is -0.130. The van der Waals surface area contributed by atoms with E-state index in [0.717, 1.165) is 81.6 Å². The number of nitrogens with two attached hydrogens (primary N) is 4. The zero-order valence-electron chi connectivity index (χ0n) is 54.4. The number of hydrogen-bond acceptors (Lipinski definition) is 14. The first-order chi connectivity index (χ1) is 46.6. The summed E-state index contributed by atoms with van der Waals surface area (Å²) >= 11 is 0. The Kier molecular flexibility index (Phi) is 21.4. The van der Waals surface area contributed by atoms with Crippen LogP contribution < -0.4 is 32.4 Å². The van der Waals surface area contributed by atoms with Crippen molar-refractivity contribution >= 4 is 47.5 Å². The largest absolute Gasteiger partial charge is 0.461 e. The van der Waals surface area contributed by atoms with Gasteiger partial charge in [0.1, 0.15) is 58.0 Å². The van der Waals surface area contributed by atoms with Crippen LogP contribution in [0.15, 0.2) is 184 Å². The number of carbonyl (C=O) groups excluding carboxylic acids is 4. The zero-order chi connectivity index (χ0) is 72.5. The molecule has 18 nitrogen and oxygen atoms in total. The predicted octanol–water partition coefficient (Wildman–Crippen LogP) is 10.9. The molecule has 522 valence electrons. The summed E-state index contributed by atoms with van der Waals surface area (Å²) in [5.41, 5.74) is 20.7. The van der Waals surface area contributed by atoms with Crippen molar-refractivity contribution < 1.29 is 72.6 Å². The molecule has 0 radical (unpaired) electrons. The number of halogens is 10. The van der Waals surface area contributed by atoms with E-state index in [2.05, 4.69) is 20.0 Å². The van der Waals surface area contributed by atoms with Crippen LogP contribution in [0, 0.1) is 67.3 Å². The third-order valence-electron chi connectivity index (χ3n) is 16.3. The summed E-state index contributed by atoms with van der Waals surface area (Å²) < 4.78 is 147. The Hall–Kier alpha value is -11.6. The summed E-state index contributed by atoms with van der Waals surface area (Å²) in [6.07, 6.45) is -3.10. The summed E-state index contributed by atoms with van der Waals surface area (Å²) in [6, 6.07) is 36.1. The number of likely N-dealkylation sites (N-methyl/N-ethyl adjacent to an activating group) is 4. The van der Waals surface area contributed by atoms with Gasteiger partial charge in [-0.25, -0.2) is 63.9 Å². The molecule has 6 unspecified atom stereocenters. The molecule has 8 aromatic rings. The molecule has 0 bridgehead atoms. The maximum Gasteiger partial charge on any atom is 0.266 e. The van der Waals surface area contributed by atoms with E-state index < -0.39 is 105 Å². The van der Waals surface area contributed by atoms with Crippen molar-refractivity contribution in [1.29, 1.82) is 0 Å². The van der Waals surface area contributed by atoms with E-state index in [1.165, 1.54) is 88.2 Å². The number of carbonyl (C=O) groups is 4. The van der Waals surface area contributed by atoms with Crippen LogP contribution in [-0.2, 0) is 41.3 Å². The molecule has 4 aliphatic heterocycles. The molecule has 6 atom stereocenters. The average molecular weight is 1390 g/mol. The molecule has 100 heavy (non-hydrogen) atoms. The highest BCUT2D eigenvalue weighted by molar-refractivity contribution is 6.11. The number of aryl methyl sites for hydroxylation is 3. The Bertz CT molecular complexity index is 4500. The Morgan fingerprint density at radius 3 is 0.940 bits per heavy atom. The first kappa shape index (κ1) is 74.2. The van der Waals surface area contributed by atoms with E-state index in [1.54, 1.807) is 55.5 Å². The van der Waals surface area contributed by atoms with E-state index in [-0.39, 0.29) is 70.6 Å². The van der Waals surface area contributed by atoms with Gasteiger partial charge in [0.05, 0.1) is 0 Å². The molecule has 0 fully saturated rings. The number of guanidine groups is 4. The number of rotatable bonds is 12. The number of nitrogens with zero attached hydrogens (tertiary/aromatic N) is 8. The van der Waals surface area contributed by atoms with Gasteiger partial charge in [-0.3, -0.25) is 38.8 Å². The van der Waals surface area contributed by atoms with Gasteiger partial charge in [0, 0.05) is 66.3 Å². The van der Waals surface area contributed by atoms with Crippen molar-refractivity contribution in [2.45, 2.75) is 76.9 Å². The Balaban J connectivity index is 0.000000169. The number of aliphatic imine (C=N–C) groups is 4. The maximum atomic E-state index is 13.9. The first-order valence-electron chi connectivity index (χ1n) is 30.0. The second-order valence-corrected chi connectivity index (χ2v) is 23.4. The molecule has 0 saturated carbocycles. The van der Waals surface area contributed by atoms with Crippen LogP contribution >= 0.6 is 0 Å². The second kappa shape index (κ2) is 28.9. The predicted molar refractivity (Wildman–Crippen MR) is 355 cm³/mol. The van der Waals surface area contributed by atoms with Crippen LogP contribution in [0.25, 0.3) is 0 Å². The first-order valence-corrected chi connectivity index (χ1v) is 30.0. The Morgan fingerprint density at radius 2 is 0.640 bits per heavy atom. The highest BCUT2D eigenvalue weighted by Gasteiger charge is 2.54. The van der Waals surface area contributed by atoms with E-state index >= 15 is 0 Å². The molecule has 8 aromatic carbocycles. The minimum absolute atomic E-state index is 0. The molecular formula is C72H68F10N12O6. The lowest BCUT2D eigenvalue weighted by atomic mass is 9.81. The van der Waals surface area contributed by atoms with Crippen molar-refractivity contribution in [3.05, 3.63) is 272 Å². The smallest absolute Gasteiger partial charge is 0.266 e. The van der Waals surface area contributed by atoms with E-state index in [1.807, 2.05) is 19.9 Å². The monoisotopic (exact) mass is 1390 g/mol. The van der Waals surface area contributed by atoms with Crippen LogP contribution in [-0.4, -0.2) is 108 Å². The van der Waals surface area contributed by atoms with Gasteiger partial charge in [-0.2, -0.15) is 0 Å². The SMILES string of the molecule is C.CC(F)Oc1cccc(C2(c3cc(F)cc(F)c3)N=C(N)N(C)C2=O)c1.CN1C(=O)C(c2ccccc2)(c2cc(F)cc(F)c2)N=C1N.Cc1cc(C)cc(C2(c3cc(F)cc(F)c3)N=C(N)N(C)C2=O)c1.Cc1cc(C2(c3cc(F)cc(F)c3)N=C(N)N(C)C2=O)ccc1OC(C)F. The summed E-state index contributed by atoms with van der Waals surface area (Å²) in [5.74, 6) is -8.33. The summed E-state index contributed by atoms with van der Waals surface area (Å²) in [6.45, 7) is 7.87. The van der Waals surface area contributed by atoms with E-state index in [4.69, 9.17) is 32.4 Å². The average Bonchev–Trinajstić information content (AvgIpc) is 1.55. The number of alkyl halides is 2. The van der Waals surface area contributed by atoms with Crippen LogP contribution in [0.5, 0.6) is 11.5 Å². The van der Waals surface area contributed by atoms with Crippen molar-refractivity contribution in [2.75, 3.05) is 28.2 Å². The zero-order valence-corrected chi connectivity index (χ0v) is 54.4. The van der Waals surface area contributed by atoms with Crippen molar-refractivity contribution in [3.8, 4) is 11.5 Å². The fourth-order valence-electron chi connectivity index (χ4n) is 11.8. The topological polar surface area (TPSA) is 253 Å². The number of ether oxygens (including phenoxy) is 2. The summed E-state index contributed by atoms with van der Waals surface area (Å²) in [7, 11) is 5.79. The van der Waals surface area contributed by atoms with Gasteiger partial charge in [-0.05, 0) is 144 Å². The quantitative estimate of drug-likeness (QED) is 0.0842. The molecule has 0 saturated heterocycles. The lowest BCUT2D eigenvalue weighted by Gasteiger charge is -2.27. The van der Waals surface area contributed by atoms with Gasteiger partial charge in [0.25, 0.3) is 23.6 Å². The fraction of sp³-hybridized carbons (Fsp3) is 0.222. The van der Waals surface area contributed by atoms with Gasteiger partial charge in [-0.15, -0.1) is 0 Å². The summed E-state index contributed by atoms with van der Waals surface area (Å²) in [5, 5.41) is 0. The minimum Gasteiger partial charge on any atom is -0.461 e. The lowest BCUT2D eigenvalue weighted by Crippen LogP contribution is -2.41. The molecular weight excluding hydrogens is 1320 g/mol. The van der Waals surface area contributed by atoms with Crippen LogP contribution in [0.2, 0.25) is 0 Å². The highest BCUT2D eigenvalue weighted by atomic mass is 19.2. The van der Waals surface area contributed by atoms with Gasteiger partial charge in [0.15, 0.2) is 46.0 Å². The molecule has 4 amide bonds. The molecule has 4 heterocycles. The number of hydrogen-bond donors (Lipinski definition) is 4. The van der Waals surface area contributed by atoms with Gasteiger partial charge in [0.2, 0.25) is 12.7 Å². The highest BCUT2D eigenvalue weighted by Crippen LogP contribution is 2.45. The van der Waals surface area contributed by atoms with Crippen LogP contribution in [0.4, 0.5) is 43.9 Å². The second-order valence-electron chi connectivity index (χ2n) is 23.4. The van der Waals surface area contributed by atoms with Crippen molar-refractivity contribution in [1.82, 2.24) is 19.6 Å². The molecule has 4 aliphatic rings. The minimum atomic E-state index is -1.79. The number of amides is 4. The molecule has 28 heteroatoms. The Morgan fingerprint density at radius 1 is 0.350 bits per heavy atom. The molecule has 0 aromatic heterocycles. The van der Waals surface area contributed by atoms with Crippen LogP contribution in [0.3, 0.4) is 0 Å². The number of benzene rings is 8. The van der Waals surface area contributed by atoms with Crippen LogP contribution in [0.1, 0.15) is 82.5 Å². The summed E-state index contributed by atoms with van der Waals surface area (Å²) in [4.78, 5) is 73.3.